The molecule has 10 nitrogen and oxygen atoms in total. The van der Waals surface area contributed by atoms with Crippen molar-refractivity contribution in [3.05, 3.63) is 46.7 Å². The lowest BCUT2D eigenvalue weighted by Gasteiger charge is -2.40. The van der Waals surface area contributed by atoms with Crippen molar-refractivity contribution in [1.82, 2.24) is 10.0 Å². The van der Waals surface area contributed by atoms with Crippen molar-refractivity contribution in [3.8, 4) is 0 Å². The molecule has 3 rings (SSSR count). The molecular formula is C24H31ClN4O6S. The summed E-state index contributed by atoms with van der Waals surface area (Å²) in [5, 5.41) is 2.77. The Morgan fingerprint density at radius 3 is 2.64 bits per heavy atom. The second kappa shape index (κ2) is 11.1. The molecule has 1 aromatic heterocycles. The van der Waals surface area contributed by atoms with Crippen molar-refractivity contribution in [1.29, 1.82) is 0 Å². The van der Waals surface area contributed by atoms with Gasteiger partial charge in [-0.05, 0) is 81.7 Å². The Labute approximate surface area is 215 Å². The first-order chi connectivity index (χ1) is 16.8. The number of methoxy groups -OCH3 is 1. The molecule has 4 N–H and O–H groups in total. The minimum Gasteiger partial charge on any atom is -0.438 e. The molecule has 2 aromatic rings. The van der Waals surface area contributed by atoms with E-state index in [1.807, 2.05) is 32.0 Å². The van der Waals surface area contributed by atoms with Crippen LogP contribution in [0.5, 0.6) is 0 Å². The molecule has 1 atom stereocenters. The van der Waals surface area contributed by atoms with Gasteiger partial charge in [0.05, 0.1) is 11.4 Å². The van der Waals surface area contributed by atoms with Crippen LogP contribution in [0, 0.1) is 18.8 Å². The number of nitrogens with zero attached hydrogens (tertiary/aromatic N) is 1. The normalized spacial score (nSPS) is 19.8. The molecule has 12 heteroatoms. The number of nitrogens with one attached hydrogen (secondary N) is 2. The van der Waals surface area contributed by atoms with E-state index in [0.717, 1.165) is 35.9 Å². The summed E-state index contributed by atoms with van der Waals surface area (Å²) in [4.78, 5) is 28.9. The Morgan fingerprint density at radius 1 is 1.28 bits per heavy atom. The van der Waals surface area contributed by atoms with Crippen LogP contribution in [0.2, 0.25) is 5.02 Å². The van der Waals surface area contributed by atoms with Crippen molar-refractivity contribution >= 4 is 44.8 Å². The van der Waals surface area contributed by atoms with Crippen molar-refractivity contribution in [2.24, 2.45) is 22.6 Å². The van der Waals surface area contributed by atoms with Crippen LogP contribution in [0.25, 0.3) is 0 Å². The molecule has 0 aliphatic heterocycles. The van der Waals surface area contributed by atoms with Crippen LogP contribution in [-0.4, -0.2) is 45.3 Å². The van der Waals surface area contributed by atoms with E-state index >= 15 is 0 Å². The minimum atomic E-state index is -4.27. The second-order valence-electron chi connectivity index (χ2n) is 9.37. The van der Waals surface area contributed by atoms with E-state index < -0.39 is 39.2 Å². The number of carbonyl (C=O) groups excluding carboxylic acids is 2. The SMILES string of the molecule is COCC(=O)NS(=O)(=O)c1ccc(C(=O)N[C@](C)(N)C[C@H]2C[C@H](/C(C)=N/c3cc(Cl)ccc3C)C2)o1. The van der Waals surface area contributed by atoms with Crippen LogP contribution < -0.4 is 15.8 Å². The zero-order chi connectivity index (χ0) is 26.7. The maximum absolute atomic E-state index is 12.6. The highest BCUT2D eigenvalue weighted by Gasteiger charge is 2.36. The third kappa shape index (κ3) is 7.16. The number of furan rings is 1. The molecule has 0 radical (unpaired) electrons. The molecular weight excluding hydrogens is 508 g/mol. The first kappa shape index (κ1) is 27.9. The smallest absolute Gasteiger partial charge is 0.297 e. The highest BCUT2D eigenvalue weighted by atomic mass is 35.5. The summed E-state index contributed by atoms with van der Waals surface area (Å²) in [6.07, 6.45) is 2.31. The number of ether oxygens (including phenoxy) is 1. The number of benzene rings is 1. The Kier molecular flexibility index (Phi) is 8.60. The third-order valence-electron chi connectivity index (χ3n) is 6.00. The van der Waals surface area contributed by atoms with Gasteiger partial charge in [-0.25, -0.2) is 4.72 Å². The number of hydrogen-bond acceptors (Lipinski definition) is 8. The van der Waals surface area contributed by atoms with Gasteiger partial charge in [-0.1, -0.05) is 17.7 Å². The number of nitrogens with two attached hydrogens (primary N) is 1. The molecule has 0 unspecified atom stereocenters. The molecule has 196 valence electrons. The highest BCUT2D eigenvalue weighted by molar-refractivity contribution is 7.89. The topological polar surface area (TPSA) is 153 Å². The van der Waals surface area contributed by atoms with Gasteiger partial charge in [0.1, 0.15) is 6.61 Å². The molecule has 1 aromatic carbocycles. The molecule has 1 aliphatic rings. The molecule has 2 amide bonds. The quantitative estimate of drug-likeness (QED) is 0.310. The second-order valence-corrected chi connectivity index (χ2v) is 11.4. The molecule has 1 heterocycles. The Hall–Kier alpha value is -2.73. The van der Waals surface area contributed by atoms with E-state index in [4.69, 9.17) is 26.7 Å². The van der Waals surface area contributed by atoms with Crippen LogP contribution in [-0.2, 0) is 19.6 Å². The lowest BCUT2D eigenvalue weighted by molar-refractivity contribution is -0.122. The largest absolute Gasteiger partial charge is 0.438 e. The zero-order valence-corrected chi connectivity index (χ0v) is 22.2. The maximum Gasteiger partial charge on any atom is 0.297 e. The fourth-order valence-corrected chi connectivity index (χ4v) is 5.22. The van der Waals surface area contributed by atoms with Gasteiger partial charge in [0.15, 0.2) is 5.76 Å². The molecule has 1 aliphatic carbocycles. The summed E-state index contributed by atoms with van der Waals surface area (Å²) in [5.41, 5.74) is 8.23. The number of amides is 2. The number of halogens is 1. The predicted molar refractivity (Wildman–Crippen MR) is 136 cm³/mol. The van der Waals surface area contributed by atoms with Crippen LogP contribution in [0.1, 0.15) is 49.2 Å². The van der Waals surface area contributed by atoms with Crippen molar-refractivity contribution in [2.75, 3.05) is 13.7 Å². The first-order valence-electron chi connectivity index (χ1n) is 11.4. The van der Waals surface area contributed by atoms with Gasteiger partial charge in [0, 0.05) is 17.8 Å². The van der Waals surface area contributed by atoms with Crippen LogP contribution >= 0.6 is 11.6 Å². The van der Waals surface area contributed by atoms with Crippen LogP contribution in [0.3, 0.4) is 0 Å². The lowest BCUT2D eigenvalue weighted by atomic mass is 9.69. The van der Waals surface area contributed by atoms with E-state index in [1.165, 1.54) is 13.2 Å². The van der Waals surface area contributed by atoms with Crippen LogP contribution in [0.4, 0.5) is 5.69 Å². The zero-order valence-electron chi connectivity index (χ0n) is 20.6. The lowest BCUT2D eigenvalue weighted by Crippen LogP contribution is -2.55. The maximum atomic E-state index is 12.6. The third-order valence-corrected chi connectivity index (χ3v) is 7.48. The van der Waals surface area contributed by atoms with Gasteiger partial charge >= 0.3 is 0 Å². The van der Waals surface area contributed by atoms with Crippen LogP contribution in [0.15, 0.2) is 44.8 Å². The molecule has 1 fully saturated rings. The summed E-state index contributed by atoms with van der Waals surface area (Å²) >= 11 is 6.09. The number of aliphatic imine (C=N–C) groups is 1. The van der Waals surface area contributed by atoms with Gasteiger partial charge in [-0.15, -0.1) is 0 Å². The van der Waals surface area contributed by atoms with Gasteiger partial charge in [-0.3, -0.25) is 14.6 Å². The Balaban J connectivity index is 1.54. The van der Waals surface area contributed by atoms with Crippen molar-refractivity contribution in [2.45, 2.75) is 50.8 Å². The number of sulfonamides is 1. The number of aryl methyl sites for hydroxylation is 1. The highest BCUT2D eigenvalue weighted by Crippen LogP contribution is 2.40. The average molecular weight is 539 g/mol. The number of rotatable bonds is 10. The summed E-state index contributed by atoms with van der Waals surface area (Å²) < 4.78 is 36.0. The first-order valence-corrected chi connectivity index (χ1v) is 13.2. The fourth-order valence-electron chi connectivity index (χ4n) is 4.15. The van der Waals surface area contributed by atoms with E-state index in [0.29, 0.717) is 23.3 Å². The number of hydrogen-bond donors (Lipinski definition) is 3. The number of carbonyl (C=O) groups is 2. The fraction of sp³-hybridized carbons (Fsp3) is 0.458. The average Bonchev–Trinajstić information content (AvgIpc) is 3.24. The van der Waals surface area contributed by atoms with Crippen molar-refractivity contribution in [3.63, 3.8) is 0 Å². The Morgan fingerprint density at radius 2 is 1.97 bits per heavy atom. The van der Waals surface area contributed by atoms with E-state index in [2.05, 4.69) is 10.1 Å². The standard InChI is InChI=1S/C24H31ClN4O6S/c1-14-5-6-18(25)11-19(14)27-15(2)17-9-16(10-17)12-24(3,26)28-23(31)20-7-8-22(35-20)36(32,33)29-21(30)13-34-4/h5-8,11,16-17H,9-10,12-13,26H2,1-4H3,(H,28,31)(H,29,30)/b27-15+/t16-,17-,24-/m0/s1. The predicted octanol–water partition coefficient (Wildman–Crippen LogP) is 3.31. The molecule has 36 heavy (non-hydrogen) atoms. The van der Waals surface area contributed by atoms with E-state index in [1.54, 1.807) is 11.6 Å². The summed E-state index contributed by atoms with van der Waals surface area (Å²) in [6, 6.07) is 7.92. The monoisotopic (exact) mass is 538 g/mol. The van der Waals surface area contributed by atoms with Gasteiger partial charge in [-0.2, -0.15) is 8.42 Å². The Bertz CT molecular complexity index is 1270. The molecule has 1 saturated carbocycles. The van der Waals surface area contributed by atoms with Crippen molar-refractivity contribution < 1.29 is 27.2 Å². The molecule has 0 spiro atoms. The van der Waals surface area contributed by atoms with Gasteiger partial charge < -0.3 is 20.2 Å². The summed E-state index contributed by atoms with van der Waals surface area (Å²) in [5.74, 6) is -1.14. The summed E-state index contributed by atoms with van der Waals surface area (Å²) in [6.45, 7) is 5.25. The molecule has 0 saturated heterocycles. The van der Waals surface area contributed by atoms with E-state index in [-0.39, 0.29) is 5.76 Å². The van der Waals surface area contributed by atoms with Gasteiger partial charge in [0.25, 0.3) is 21.8 Å². The molecule has 0 bridgehead atoms. The summed E-state index contributed by atoms with van der Waals surface area (Å²) in [7, 11) is -3.01. The van der Waals surface area contributed by atoms with E-state index in [9.17, 15) is 18.0 Å². The van der Waals surface area contributed by atoms with Gasteiger partial charge in [0.2, 0.25) is 5.09 Å². The minimum absolute atomic E-state index is 0.238.